The lowest BCUT2D eigenvalue weighted by Gasteiger charge is -2.38. The summed E-state index contributed by atoms with van der Waals surface area (Å²) in [6, 6.07) is 69.2. The van der Waals surface area contributed by atoms with E-state index in [1.807, 2.05) is 0 Å². The van der Waals surface area contributed by atoms with Gasteiger partial charge in [-0.2, -0.15) is 0 Å². The van der Waals surface area contributed by atoms with Crippen molar-refractivity contribution in [2.24, 2.45) is 23.7 Å². The molecule has 7 aliphatic carbocycles. The van der Waals surface area contributed by atoms with Crippen LogP contribution in [0.2, 0.25) is 0 Å². The molecule has 15 rings (SSSR count). The van der Waals surface area contributed by atoms with Gasteiger partial charge in [0.25, 0.3) is 0 Å². The molecule has 0 heterocycles. The molecule has 0 amide bonds. The highest BCUT2D eigenvalue weighted by Gasteiger charge is 2.56. The van der Waals surface area contributed by atoms with Gasteiger partial charge in [0.1, 0.15) is 0 Å². The van der Waals surface area contributed by atoms with Crippen molar-refractivity contribution in [3.8, 4) is 44.5 Å². The second-order valence-corrected chi connectivity index (χ2v) is 23.6. The second kappa shape index (κ2) is 14.1. The average Bonchev–Trinajstić information content (AvgIpc) is 4.28. The lowest BCUT2D eigenvalue weighted by Crippen LogP contribution is -2.31. The molecule has 0 saturated heterocycles. The van der Waals surface area contributed by atoms with Crippen LogP contribution in [-0.2, 0) is 21.7 Å². The number of hydrogen-bond acceptors (Lipinski definition) is 1. The van der Waals surface area contributed by atoms with Gasteiger partial charge in [0.2, 0.25) is 0 Å². The fraction of sp³-hybridized carbons (Fsp3) is 0.294. The van der Waals surface area contributed by atoms with Crippen molar-refractivity contribution in [1.82, 2.24) is 0 Å². The summed E-state index contributed by atoms with van der Waals surface area (Å²) in [5, 5.41) is 0. The van der Waals surface area contributed by atoms with Crippen molar-refractivity contribution in [1.29, 1.82) is 0 Å². The van der Waals surface area contributed by atoms with Crippen molar-refractivity contribution in [2.75, 3.05) is 4.90 Å². The number of fused-ring (bicyclic) bond motifs is 17. The van der Waals surface area contributed by atoms with Gasteiger partial charge in [-0.3, -0.25) is 0 Å². The zero-order valence-electron chi connectivity index (χ0n) is 40.7. The molecule has 7 aliphatic rings. The minimum Gasteiger partial charge on any atom is -0.309 e. The molecule has 1 nitrogen and oxygen atoms in total. The van der Waals surface area contributed by atoms with E-state index in [1.54, 1.807) is 11.1 Å². The van der Waals surface area contributed by atoms with Crippen molar-refractivity contribution in [2.45, 2.75) is 101 Å². The first-order chi connectivity index (χ1) is 33.7. The van der Waals surface area contributed by atoms with Gasteiger partial charge in [-0.05, 0) is 175 Å². The first kappa shape index (κ1) is 40.4. The molecule has 4 fully saturated rings. The highest BCUT2D eigenvalue weighted by atomic mass is 15.1. The Labute approximate surface area is 409 Å². The Bertz CT molecular complexity index is 3380. The predicted molar refractivity (Wildman–Crippen MR) is 286 cm³/mol. The van der Waals surface area contributed by atoms with Crippen LogP contribution in [0, 0.1) is 23.7 Å². The number of rotatable bonds is 6. The molecule has 0 aromatic heterocycles. The summed E-state index contributed by atoms with van der Waals surface area (Å²) in [5.41, 5.74) is 25.8. The lowest BCUT2D eigenvalue weighted by atomic mass is 9.65. The molecule has 4 saturated carbocycles. The third-order valence-corrected chi connectivity index (χ3v) is 20.1. The fourth-order valence-corrected chi connectivity index (χ4v) is 16.8. The molecule has 0 radical (unpaired) electrons. The maximum atomic E-state index is 2.75. The monoisotopic (exact) mass is 891 g/mol. The van der Waals surface area contributed by atoms with Crippen LogP contribution >= 0.6 is 0 Å². The van der Waals surface area contributed by atoms with Crippen LogP contribution in [0.15, 0.2) is 176 Å². The summed E-state index contributed by atoms with van der Waals surface area (Å²) in [4.78, 5) is 2.63. The quantitative estimate of drug-likeness (QED) is 0.161. The van der Waals surface area contributed by atoms with E-state index in [2.05, 4.69) is 209 Å². The van der Waals surface area contributed by atoms with Crippen molar-refractivity contribution >= 4 is 17.1 Å². The molecule has 8 aromatic rings. The minimum absolute atomic E-state index is 0.139. The van der Waals surface area contributed by atoms with Crippen LogP contribution < -0.4 is 4.90 Å². The Kier molecular flexibility index (Phi) is 8.26. The molecule has 6 unspecified atom stereocenters. The number of anilines is 3. The van der Waals surface area contributed by atoms with E-state index >= 15 is 0 Å². The van der Waals surface area contributed by atoms with Crippen molar-refractivity contribution in [3.63, 3.8) is 0 Å². The summed E-state index contributed by atoms with van der Waals surface area (Å²) >= 11 is 0. The number of benzene rings is 8. The predicted octanol–water partition coefficient (Wildman–Crippen LogP) is 17.6. The molecular weight excluding hydrogens is 831 g/mol. The average molecular weight is 892 g/mol. The fourth-order valence-electron chi connectivity index (χ4n) is 16.8. The first-order valence-electron chi connectivity index (χ1n) is 26.4. The van der Waals surface area contributed by atoms with E-state index in [0.29, 0.717) is 0 Å². The molecular formula is C68H61N. The highest BCUT2D eigenvalue weighted by Crippen LogP contribution is 2.67. The van der Waals surface area contributed by atoms with E-state index < -0.39 is 5.41 Å². The molecule has 69 heavy (non-hydrogen) atoms. The largest absolute Gasteiger partial charge is 0.309 e. The highest BCUT2D eigenvalue weighted by molar-refractivity contribution is 6.03. The zero-order chi connectivity index (χ0) is 46.0. The summed E-state index contributed by atoms with van der Waals surface area (Å²) in [6.45, 7) is 10.1. The van der Waals surface area contributed by atoms with Crippen LogP contribution in [0.4, 0.5) is 17.1 Å². The van der Waals surface area contributed by atoms with Gasteiger partial charge in [-0.1, -0.05) is 192 Å². The van der Waals surface area contributed by atoms with Gasteiger partial charge >= 0.3 is 0 Å². The second-order valence-electron chi connectivity index (χ2n) is 23.6. The molecule has 0 N–H and O–H groups in total. The Morgan fingerprint density at radius 3 is 1.55 bits per heavy atom. The van der Waals surface area contributed by atoms with Crippen LogP contribution in [0.1, 0.15) is 124 Å². The van der Waals surface area contributed by atoms with Crippen LogP contribution in [-0.4, -0.2) is 0 Å². The smallest absolute Gasteiger partial charge is 0.0726 e. The summed E-state index contributed by atoms with van der Waals surface area (Å²) in [7, 11) is 0. The van der Waals surface area contributed by atoms with Gasteiger partial charge in [-0.15, -0.1) is 0 Å². The lowest BCUT2D eigenvalue weighted by molar-refractivity contribution is 0.293. The van der Waals surface area contributed by atoms with E-state index in [9.17, 15) is 0 Å². The summed E-state index contributed by atoms with van der Waals surface area (Å²) in [6.07, 6.45) is 11.0. The Hall–Kier alpha value is -6.44. The van der Waals surface area contributed by atoms with Crippen molar-refractivity contribution < 1.29 is 0 Å². The van der Waals surface area contributed by atoms with Crippen LogP contribution in [0.25, 0.3) is 44.5 Å². The molecule has 6 atom stereocenters. The van der Waals surface area contributed by atoms with E-state index in [4.69, 9.17) is 0 Å². The standard InChI is InChI=1S/C68H61N/c1-65(2)56-20-11-8-18-51(56)52-34-31-49(39-59(52)65)69(62-23-13-10-17-50(62)44-15-6-5-7-16-44)63-24-14-22-58-64(63)55-19-9-12-21-57(55)68(58)60-37-47(66(3)40-42-25-27-45(66)35-42)29-32-53(60)54-33-30-48(38-61(54)68)67(4)41-43-26-28-46(67)36-43/h5-24,29-34,37-39,42-43,45-46H,25-28,35-36,40-41H2,1-4H3. The Balaban J connectivity index is 1.01. The Morgan fingerprint density at radius 2 is 0.913 bits per heavy atom. The SMILES string of the molecule is CC1(C)c2ccccc2-c2ccc(N(c3ccccc3-c3ccccc3)c3cccc4c3-c3ccccc3C43c4cc(C5(C)CC6CCC5C6)ccc4-c4ccc(C5(C)CC6CCC5C6)cc43)cc21. The van der Waals surface area contributed by atoms with Gasteiger partial charge in [-0.25, -0.2) is 0 Å². The van der Waals surface area contributed by atoms with Gasteiger partial charge in [0, 0.05) is 22.2 Å². The molecule has 1 heteroatoms. The van der Waals surface area contributed by atoms with E-state index in [0.717, 1.165) is 23.7 Å². The molecule has 4 bridgehead atoms. The third kappa shape index (κ3) is 5.27. The van der Waals surface area contributed by atoms with Gasteiger partial charge < -0.3 is 4.90 Å². The van der Waals surface area contributed by atoms with Gasteiger partial charge in [0.15, 0.2) is 0 Å². The summed E-state index contributed by atoms with van der Waals surface area (Å²) < 4.78 is 0. The van der Waals surface area contributed by atoms with Crippen molar-refractivity contribution in [3.05, 3.63) is 220 Å². The van der Waals surface area contributed by atoms with E-state index in [1.165, 1.54) is 146 Å². The minimum atomic E-state index is -0.466. The number of para-hydroxylation sites is 1. The maximum absolute atomic E-state index is 2.75. The van der Waals surface area contributed by atoms with E-state index in [-0.39, 0.29) is 16.2 Å². The van der Waals surface area contributed by atoms with Gasteiger partial charge in [0.05, 0.1) is 16.8 Å². The third-order valence-electron chi connectivity index (χ3n) is 20.1. The van der Waals surface area contributed by atoms with Crippen LogP contribution in [0.5, 0.6) is 0 Å². The topological polar surface area (TPSA) is 3.24 Å². The normalized spacial score (nSPS) is 27.5. The van der Waals surface area contributed by atoms with Crippen LogP contribution in [0.3, 0.4) is 0 Å². The molecule has 1 spiro atoms. The molecule has 338 valence electrons. The summed E-state index contributed by atoms with van der Waals surface area (Å²) in [5.74, 6) is 3.26. The molecule has 0 aliphatic heterocycles. The molecule has 8 aromatic carbocycles. The zero-order valence-corrected chi connectivity index (χ0v) is 40.7. The Morgan fingerprint density at radius 1 is 0.391 bits per heavy atom. The number of hydrogen-bond donors (Lipinski definition) is 0. The first-order valence-corrected chi connectivity index (χ1v) is 26.4. The number of nitrogens with zero attached hydrogens (tertiary/aromatic N) is 1. The maximum Gasteiger partial charge on any atom is 0.0726 e.